The summed E-state index contributed by atoms with van der Waals surface area (Å²) in [4.78, 5) is 30.6. The van der Waals surface area contributed by atoms with Crippen molar-refractivity contribution < 1.29 is 93.7 Å². The molecule has 0 aliphatic carbocycles. The third kappa shape index (κ3) is 21.3. The van der Waals surface area contributed by atoms with Crippen molar-refractivity contribution in [3.8, 4) is 78.8 Å². The predicted molar refractivity (Wildman–Crippen MR) is 483 cm³/mol. The number of pyridine rings is 7. The van der Waals surface area contributed by atoms with Crippen LogP contribution in [0.3, 0.4) is 0 Å². The van der Waals surface area contributed by atoms with Crippen LogP contribution >= 0.6 is 11.3 Å². The van der Waals surface area contributed by atoms with Crippen LogP contribution in [0.15, 0.2) is 366 Å². The number of aryl methyl sites for hydroxylation is 6. The molecule has 606 valence electrons. The first-order chi connectivity index (χ1) is 58.0. The van der Waals surface area contributed by atoms with Crippen molar-refractivity contribution in [3.05, 3.63) is 429 Å². The molecular formula is C107H76Ir4N7O3S-7. The number of aromatic nitrogens is 7. The molecule has 0 amide bonds. The predicted octanol–water partition coefficient (Wildman–Crippen LogP) is 27.7. The molecule has 22 rings (SSSR count). The maximum Gasteiger partial charge on any atom is 0.123 e. The van der Waals surface area contributed by atoms with E-state index < -0.39 is 0 Å². The molecule has 0 bridgehead atoms. The molecule has 0 saturated heterocycles. The molecule has 11 aromatic carbocycles. The van der Waals surface area contributed by atoms with Gasteiger partial charge in [-0.15, -0.1) is 186 Å². The van der Waals surface area contributed by atoms with Crippen molar-refractivity contribution in [2.45, 2.75) is 41.5 Å². The van der Waals surface area contributed by atoms with Gasteiger partial charge in [0.15, 0.2) is 0 Å². The van der Waals surface area contributed by atoms with E-state index in [0.717, 1.165) is 156 Å². The van der Waals surface area contributed by atoms with Crippen LogP contribution in [-0.4, -0.2) is 34.9 Å². The van der Waals surface area contributed by atoms with Crippen molar-refractivity contribution >= 4 is 97.3 Å². The van der Waals surface area contributed by atoms with Crippen LogP contribution in [0.2, 0.25) is 0 Å². The molecule has 22 aromatic rings. The first-order valence-corrected chi connectivity index (χ1v) is 39.5. The SMILES string of the molecule is Cc1ccc(-c2[c-]ccc3c2oc2ccccc23)nc1.Cc1ccc(-c2[c-]cccc2)nc1.Cc1ccc(-c2[c-]cccc2)nc1.Cc1ccnc(-c2[c-]cc3sc4ccccc4c3c2)c1.Cc1ccnc(-c2[c-]ccc3c2oc2c(C)cccc23)c1.[Ir].[Ir].[Ir].[Ir].[c-]1ccc2c(oc3ccccc32)c1-c1ccccn1.[c-]1ccccc1-c1ccccn1. The summed E-state index contributed by atoms with van der Waals surface area (Å²) in [6.45, 7) is 12.3. The van der Waals surface area contributed by atoms with Crippen LogP contribution in [-0.2, 0) is 80.4 Å². The fraction of sp³-hybridized carbons (Fsp3) is 0.0561. The molecule has 0 aliphatic rings. The number of hydrogen-bond acceptors (Lipinski definition) is 11. The molecule has 11 aromatic heterocycles. The summed E-state index contributed by atoms with van der Waals surface area (Å²) >= 11 is 1.82. The Bertz CT molecular complexity index is 7000. The van der Waals surface area contributed by atoms with E-state index in [1.54, 1.807) is 12.4 Å². The molecule has 10 nitrogen and oxygen atoms in total. The Hall–Kier alpha value is -12.3. The minimum absolute atomic E-state index is 0. The molecule has 0 spiro atoms. The van der Waals surface area contributed by atoms with E-state index in [1.807, 2.05) is 269 Å². The minimum Gasteiger partial charge on any atom is -0.501 e. The number of nitrogens with zero attached hydrogens (tertiary/aromatic N) is 7. The standard InChI is InChI=1S/C19H14NO.C18H12NO.C18H12NS.C17H10NO.2C12H10N.C11H8N.4Ir/c1-12-9-10-20-17(11-12)16-8-4-7-15-14-6-3-5-13(2)18(14)21-19(15)16;1-12-9-10-16(19-11-12)15-7-4-6-14-13-5-2-3-8-17(13)20-18(14)15;1-12-8-9-19-16(10-12)13-6-7-18-15(11-13)14-4-2-3-5-17(14)20-18;1-2-10-16-12(6-1)13-7-5-8-14(17(13)19-16)15-9-3-4-11-18-15;2*1-10-7-8-12(13-9-10)11-5-3-2-4-6-11;1-2-6-10(7-3-1)11-8-4-5-9-12-11;;;;/h3-7,9-11H,1-2H3;2-6,8-11H,1H3;2-5,7-11H,1H3;1-7,9-11H;2*2-5,7-9H,1H3;1-6,8-9H;;;;/q7*-1;;;;. The quantitative estimate of drug-likeness (QED) is 0.142. The van der Waals surface area contributed by atoms with Crippen molar-refractivity contribution in [2.24, 2.45) is 0 Å². The Labute approximate surface area is 767 Å². The first-order valence-electron chi connectivity index (χ1n) is 38.7. The molecule has 122 heavy (non-hydrogen) atoms. The number of thiophene rings is 1. The summed E-state index contributed by atoms with van der Waals surface area (Å²) in [5.74, 6) is 0. The summed E-state index contributed by atoms with van der Waals surface area (Å²) in [6.07, 6.45) is 12.9. The van der Waals surface area contributed by atoms with Crippen LogP contribution in [0.1, 0.15) is 33.4 Å². The van der Waals surface area contributed by atoms with Gasteiger partial charge in [0.1, 0.15) is 16.7 Å². The van der Waals surface area contributed by atoms with Gasteiger partial charge < -0.3 is 48.1 Å². The summed E-state index contributed by atoms with van der Waals surface area (Å²) in [6, 6.07) is 125. The summed E-state index contributed by atoms with van der Waals surface area (Å²) in [5, 5.41) is 9.34. The van der Waals surface area contributed by atoms with E-state index in [9.17, 15) is 0 Å². The smallest absolute Gasteiger partial charge is 0.123 e. The Balaban J connectivity index is 0.000000131. The second-order valence-corrected chi connectivity index (χ2v) is 29.2. The Morgan fingerprint density at radius 1 is 0.238 bits per heavy atom. The van der Waals surface area contributed by atoms with E-state index in [-0.39, 0.29) is 80.4 Å². The zero-order chi connectivity index (χ0) is 80.5. The average Bonchev–Trinajstić information content (AvgIpc) is 1.59. The fourth-order valence-corrected chi connectivity index (χ4v) is 14.7. The summed E-state index contributed by atoms with van der Waals surface area (Å²) < 4.78 is 20.7. The maximum atomic E-state index is 6.14. The van der Waals surface area contributed by atoms with Gasteiger partial charge in [0.2, 0.25) is 0 Å². The van der Waals surface area contributed by atoms with E-state index in [0.29, 0.717) is 0 Å². The molecule has 15 heteroatoms. The van der Waals surface area contributed by atoms with Gasteiger partial charge in [-0.05, 0) is 156 Å². The van der Waals surface area contributed by atoms with E-state index >= 15 is 0 Å². The van der Waals surface area contributed by atoms with Crippen LogP contribution in [0.4, 0.5) is 0 Å². The summed E-state index contributed by atoms with van der Waals surface area (Å²) in [5.41, 5.74) is 25.9. The van der Waals surface area contributed by atoms with Crippen molar-refractivity contribution in [1.82, 2.24) is 34.9 Å². The van der Waals surface area contributed by atoms with Crippen LogP contribution in [0, 0.1) is 84.0 Å². The number of para-hydroxylation sites is 3. The van der Waals surface area contributed by atoms with E-state index in [2.05, 4.69) is 201 Å². The first kappa shape index (κ1) is 89.0. The van der Waals surface area contributed by atoms with Gasteiger partial charge in [0, 0.05) is 145 Å². The molecular weight excluding hydrogens is 2230 g/mol. The average molecular weight is 2310 g/mol. The van der Waals surface area contributed by atoms with Crippen LogP contribution in [0.5, 0.6) is 0 Å². The van der Waals surface area contributed by atoms with Crippen LogP contribution < -0.4 is 0 Å². The van der Waals surface area contributed by atoms with Crippen molar-refractivity contribution in [1.29, 1.82) is 0 Å². The molecule has 11 heterocycles. The Kier molecular flexibility index (Phi) is 31.2. The van der Waals surface area contributed by atoms with Gasteiger partial charge in [0.05, 0.1) is 16.7 Å². The van der Waals surface area contributed by atoms with E-state index in [4.69, 9.17) is 13.3 Å². The van der Waals surface area contributed by atoms with Gasteiger partial charge >= 0.3 is 0 Å². The van der Waals surface area contributed by atoms with Gasteiger partial charge in [-0.25, -0.2) is 0 Å². The van der Waals surface area contributed by atoms with Crippen molar-refractivity contribution in [2.75, 3.05) is 0 Å². The number of benzene rings is 11. The third-order valence-corrected chi connectivity index (χ3v) is 20.7. The molecule has 0 N–H and O–H groups in total. The molecule has 4 radical (unpaired) electrons. The number of rotatable bonds is 7. The van der Waals surface area contributed by atoms with Gasteiger partial charge in [0.25, 0.3) is 0 Å². The maximum absolute atomic E-state index is 6.14. The molecule has 0 aliphatic heterocycles. The number of hydrogen-bond donors (Lipinski definition) is 0. The topological polar surface area (TPSA) is 130 Å². The zero-order valence-electron chi connectivity index (χ0n) is 67.1. The largest absolute Gasteiger partial charge is 0.501 e. The zero-order valence-corrected chi connectivity index (χ0v) is 77.5. The number of furan rings is 3. The van der Waals surface area contributed by atoms with E-state index in [1.165, 1.54) is 42.4 Å². The third-order valence-electron chi connectivity index (χ3n) is 19.5. The Morgan fingerprint density at radius 2 is 0.639 bits per heavy atom. The Morgan fingerprint density at radius 3 is 1.12 bits per heavy atom. The molecule has 0 fully saturated rings. The van der Waals surface area contributed by atoms with Gasteiger partial charge in [-0.1, -0.05) is 195 Å². The normalized spacial score (nSPS) is 10.4. The fourth-order valence-electron chi connectivity index (χ4n) is 13.6. The van der Waals surface area contributed by atoms with Gasteiger partial charge in [-0.3, -0.25) is 0 Å². The van der Waals surface area contributed by atoms with Crippen LogP contribution in [0.25, 0.3) is 165 Å². The van der Waals surface area contributed by atoms with Gasteiger partial charge in [-0.2, -0.15) is 11.3 Å². The minimum atomic E-state index is 0. The molecule has 0 unspecified atom stereocenters. The second-order valence-electron chi connectivity index (χ2n) is 28.1. The monoisotopic (exact) mass is 2310 g/mol. The molecule has 0 saturated carbocycles. The molecule has 0 atom stereocenters. The van der Waals surface area contributed by atoms with Crippen molar-refractivity contribution in [3.63, 3.8) is 0 Å². The summed E-state index contributed by atoms with van der Waals surface area (Å²) in [7, 11) is 0. The number of fused-ring (bicyclic) bond motifs is 12. The second kappa shape index (κ2) is 42.8.